The summed E-state index contributed by atoms with van der Waals surface area (Å²) < 4.78 is 12.9. The first-order valence-electron chi connectivity index (χ1n) is 9.08. The van der Waals surface area contributed by atoms with Gasteiger partial charge in [0.05, 0.1) is 5.41 Å². The molecule has 0 aromatic heterocycles. The molecule has 0 aliphatic carbocycles. The molecule has 0 fully saturated rings. The van der Waals surface area contributed by atoms with Crippen LogP contribution >= 0.6 is 0 Å². The van der Waals surface area contributed by atoms with Crippen LogP contribution in [0.25, 0.3) is 0 Å². The zero-order valence-corrected chi connectivity index (χ0v) is 15.7. The summed E-state index contributed by atoms with van der Waals surface area (Å²) in [5.74, 6) is -0.735. The quantitative estimate of drug-likeness (QED) is 0.664. The Bertz CT molecular complexity index is 761. The van der Waals surface area contributed by atoms with Crippen LogP contribution in [-0.2, 0) is 11.3 Å². The standard InChI is InChI=1S/C21H26FN3O2/c1-3-21(4-2,14-23)20(27)24-13-15-5-11-18(12-6-15)25-19(26)16-7-9-17(22)10-8-16/h5-12H,3-4,13-14,23H2,1-2H3,(H,24,27)(H,25,26). The van der Waals surface area contributed by atoms with Crippen molar-refractivity contribution >= 4 is 17.5 Å². The maximum atomic E-state index is 12.9. The highest BCUT2D eigenvalue weighted by atomic mass is 19.1. The number of carbonyl (C=O) groups excluding carboxylic acids is 2. The van der Waals surface area contributed by atoms with Gasteiger partial charge in [0.1, 0.15) is 5.82 Å². The summed E-state index contributed by atoms with van der Waals surface area (Å²) >= 11 is 0. The van der Waals surface area contributed by atoms with Gasteiger partial charge in [-0.2, -0.15) is 0 Å². The van der Waals surface area contributed by atoms with Crippen LogP contribution in [0.15, 0.2) is 48.5 Å². The Morgan fingerprint density at radius 1 is 1.00 bits per heavy atom. The van der Waals surface area contributed by atoms with E-state index < -0.39 is 5.41 Å². The van der Waals surface area contributed by atoms with Crippen LogP contribution in [0.3, 0.4) is 0 Å². The highest BCUT2D eigenvalue weighted by Crippen LogP contribution is 2.25. The van der Waals surface area contributed by atoms with Gasteiger partial charge in [-0.05, 0) is 54.8 Å². The number of nitrogens with two attached hydrogens (primary N) is 1. The number of rotatable bonds is 8. The second-order valence-corrected chi connectivity index (χ2v) is 6.53. The van der Waals surface area contributed by atoms with E-state index in [-0.39, 0.29) is 17.6 Å². The van der Waals surface area contributed by atoms with E-state index in [2.05, 4.69) is 10.6 Å². The van der Waals surface area contributed by atoms with Gasteiger partial charge < -0.3 is 16.4 Å². The Balaban J connectivity index is 1.94. The second kappa shape index (κ2) is 9.28. The van der Waals surface area contributed by atoms with E-state index in [0.29, 0.717) is 37.2 Å². The Morgan fingerprint density at radius 3 is 2.11 bits per heavy atom. The molecule has 0 atom stereocenters. The molecule has 0 radical (unpaired) electrons. The fraction of sp³-hybridized carbons (Fsp3) is 0.333. The van der Waals surface area contributed by atoms with Crippen LogP contribution in [0.4, 0.5) is 10.1 Å². The molecule has 6 heteroatoms. The van der Waals surface area contributed by atoms with E-state index in [1.807, 2.05) is 26.0 Å². The van der Waals surface area contributed by atoms with Crippen molar-refractivity contribution in [1.29, 1.82) is 0 Å². The van der Waals surface area contributed by atoms with Gasteiger partial charge in [-0.3, -0.25) is 9.59 Å². The van der Waals surface area contributed by atoms with Crippen LogP contribution in [0.1, 0.15) is 42.6 Å². The smallest absolute Gasteiger partial charge is 0.255 e. The average Bonchev–Trinajstić information content (AvgIpc) is 2.69. The van der Waals surface area contributed by atoms with Gasteiger partial charge in [0, 0.05) is 24.3 Å². The highest BCUT2D eigenvalue weighted by molar-refractivity contribution is 6.04. The van der Waals surface area contributed by atoms with Crippen molar-refractivity contribution in [2.24, 2.45) is 11.1 Å². The maximum Gasteiger partial charge on any atom is 0.255 e. The minimum atomic E-state index is -0.525. The fourth-order valence-electron chi connectivity index (χ4n) is 2.83. The topological polar surface area (TPSA) is 84.2 Å². The predicted molar refractivity (Wildman–Crippen MR) is 105 cm³/mol. The monoisotopic (exact) mass is 371 g/mol. The SMILES string of the molecule is CCC(CC)(CN)C(=O)NCc1ccc(NC(=O)c2ccc(F)cc2)cc1. The first-order valence-corrected chi connectivity index (χ1v) is 9.08. The van der Waals surface area contributed by atoms with Crippen molar-refractivity contribution < 1.29 is 14.0 Å². The van der Waals surface area contributed by atoms with Gasteiger partial charge in [0.2, 0.25) is 5.91 Å². The minimum absolute atomic E-state index is 0.0383. The lowest BCUT2D eigenvalue weighted by molar-refractivity contribution is -0.131. The normalized spacial score (nSPS) is 11.1. The van der Waals surface area contributed by atoms with Gasteiger partial charge in [0.25, 0.3) is 5.91 Å². The molecule has 2 rings (SSSR count). The van der Waals surface area contributed by atoms with Crippen LogP contribution in [0.5, 0.6) is 0 Å². The molecule has 2 aromatic rings. The Morgan fingerprint density at radius 2 is 1.59 bits per heavy atom. The number of amides is 2. The predicted octanol–water partition coefficient (Wildman–Crippen LogP) is 3.46. The Kier molecular flexibility index (Phi) is 7.07. The van der Waals surface area contributed by atoms with E-state index in [1.165, 1.54) is 24.3 Å². The molecule has 0 bridgehead atoms. The van der Waals surface area contributed by atoms with Crippen molar-refractivity contribution in [1.82, 2.24) is 5.32 Å². The Labute approximate surface area is 159 Å². The molecule has 0 saturated heterocycles. The molecule has 0 spiro atoms. The lowest BCUT2D eigenvalue weighted by Gasteiger charge is -2.28. The van der Waals surface area contributed by atoms with Crippen LogP contribution < -0.4 is 16.4 Å². The number of halogens is 1. The summed E-state index contributed by atoms with van der Waals surface area (Å²) in [7, 11) is 0. The average molecular weight is 371 g/mol. The Hall–Kier alpha value is -2.73. The number of anilines is 1. The fourth-order valence-corrected chi connectivity index (χ4v) is 2.83. The third-order valence-electron chi connectivity index (χ3n) is 5.00. The van der Waals surface area contributed by atoms with E-state index in [4.69, 9.17) is 5.73 Å². The molecule has 5 nitrogen and oxygen atoms in total. The molecule has 27 heavy (non-hydrogen) atoms. The molecule has 0 aliphatic rings. The second-order valence-electron chi connectivity index (χ2n) is 6.53. The van der Waals surface area contributed by atoms with E-state index in [9.17, 15) is 14.0 Å². The molecule has 0 saturated carbocycles. The van der Waals surface area contributed by atoms with Gasteiger partial charge >= 0.3 is 0 Å². The summed E-state index contributed by atoms with van der Waals surface area (Å²) in [5, 5.41) is 5.70. The number of nitrogens with one attached hydrogen (secondary N) is 2. The summed E-state index contributed by atoms with van der Waals surface area (Å²) in [4.78, 5) is 24.6. The third-order valence-corrected chi connectivity index (χ3v) is 5.00. The molecular weight excluding hydrogens is 345 g/mol. The summed E-state index contributed by atoms with van der Waals surface area (Å²) in [5.41, 5.74) is 7.19. The van der Waals surface area contributed by atoms with Crippen LogP contribution in [0.2, 0.25) is 0 Å². The molecule has 0 aliphatic heterocycles. The molecule has 4 N–H and O–H groups in total. The van der Waals surface area contributed by atoms with Crippen LogP contribution in [0, 0.1) is 11.2 Å². The largest absolute Gasteiger partial charge is 0.352 e. The van der Waals surface area contributed by atoms with Gasteiger partial charge in [0.15, 0.2) is 0 Å². The molecular formula is C21H26FN3O2. The number of hydrogen-bond donors (Lipinski definition) is 3. The first-order chi connectivity index (χ1) is 12.9. The molecule has 0 heterocycles. The molecule has 144 valence electrons. The van der Waals surface area contributed by atoms with Crippen molar-refractivity contribution in [2.75, 3.05) is 11.9 Å². The van der Waals surface area contributed by atoms with Gasteiger partial charge in [-0.15, -0.1) is 0 Å². The lowest BCUT2D eigenvalue weighted by Crippen LogP contribution is -2.45. The zero-order valence-electron chi connectivity index (χ0n) is 15.7. The van der Waals surface area contributed by atoms with Crippen molar-refractivity contribution in [3.63, 3.8) is 0 Å². The van der Waals surface area contributed by atoms with Gasteiger partial charge in [-0.25, -0.2) is 4.39 Å². The number of hydrogen-bond acceptors (Lipinski definition) is 3. The summed E-state index contributed by atoms with van der Waals surface area (Å²) in [6.45, 7) is 4.65. The van der Waals surface area contributed by atoms with Crippen molar-refractivity contribution in [2.45, 2.75) is 33.2 Å². The molecule has 2 aromatic carbocycles. The lowest BCUT2D eigenvalue weighted by atomic mass is 9.81. The van der Waals surface area contributed by atoms with Crippen LogP contribution in [-0.4, -0.2) is 18.4 Å². The van der Waals surface area contributed by atoms with E-state index in [0.717, 1.165) is 5.56 Å². The highest BCUT2D eigenvalue weighted by Gasteiger charge is 2.32. The van der Waals surface area contributed by atoms with Crippen molar-refractivity contribution in [3.8, 4) is 0 Å². The maximum absolute atomic E-state index is 12.9. The zero-order chi connectivity index (χ0) is 19.9. The third kappa shape index (κ3) is 5.14. The molecule has 2 amide bonds. The summed E-state index contributed by atoms with van der Waals surface area (Å²) in [6.07, 6.45) is 1.39. The number of carbonyl (C=O) groups is 2. The van der Waals surface area contributed by atoms with Gasteiger partial charge in [-0.1, -0.05) is 26.0 Å². The van der Waals surface area contributed by atoms with Crippen molar-refractivity contribution in [3.05, 3.63) is 65.5 Å². The van der Waals surface area contributed by atoms with E-state index in [1.54, 1.807) is 12.1 Å². The summed E-state index contributed by atoms with van der Waals surface area (Å²) in [6, 6.07) is 12.5. The first kappa shape index (κ1) is 20.6. The molecule has 0 unspecified atom stereocenters. The minimum Gasteiger partial charge on any atom is -0.352 e. The number of benzene rings is 2. The van der Waals surface area contributed by atoms with E-state index >= 15 is 0 Å².